The lowest BCUT2D eigenvalue weighted by molar-refractivity contribution is -0.135. The fraction of sp³-hybridized carbons (Fsp3) is 0.111. The third-order valence-electron chi connectivity index (χ3n) is 5.28. The van der Waals surface area contributed by atoms with E-state index in [0.29, 0.717) is 32.7 Å². The Morgan fingerprint density at radius 1 is 0.857 bits per heavy atom. The molecule has 0 aliphatic heterocycles. The predicted octanol–water partition coefficient (Wildman–Crippen LogP) is 6.72. The highest BCUT2D eigenvalue weighted by atomic mass is 35.5. The molecule has 0 unspecified atom stereocenters. The number of anilines is 1. The van der Waals surface area contributed by atoms with Crippen molar-refractivity contribution in [2.24, 2.45) is 0 Å². The molecule has 0 spiro atoms. The van der Waals surface area contributed by atoms with E-state index in [4.69, 9.17) is 23.2 Å². The molecule has 5 nitrogen and oxygen atoms in total. The van der Waals surface area contributed by atoms with Crippen LogP contribution in [0.3, 0.4) is 0 Å². The van der Waals surface area contributed by atoms with Crippen molar-refractivity contribution in [1.82, 2.24) is 5.32 Å². The number of carboxylic acids is 1. The molecule has 4 rings (SSSR count). The van der Waals surface area contributed by atoms with Gasteiger partial charge in [0.15, 0.2) is 0 Å². The zero-order valence-corrected chi connectivity index (χ0v) is 20.9. The number of rotatable bonds is 9. The standard InChI is InChI=1S/C27H22Cl2N2O3S/c28-19-14-20(29)16-21(15-19)35-31(17-26(32)33)25-11-5-8-22-23(25)9-4-10-24(22)27(34)30-13-12-18-6-2-1-3-7-18/h1-11,14-16H,12-13,17H2,(H,30,34)(H,32,33). The van der Waals surface area contributed by atoms with Crippen molar-refractivity contribution in [2.45, 2.75) is 11.3 Å². The van der Waals surface area contributed by atoms with Crippen LogP contribution < -0.4 is 9.62 Å². The number of hydrogen-bond acceptors (Lipinski definition) is 4. The zero-order valence-electron chi connectivity index (χ0n) is 18.6. The normalized spacial score (nSPS) is 10.8. The number of benzene rings is 4. The molecule has 0 aromatic heterocycles. The summed E-state index contributed by atoms with van der Waals surface area (Å²) in [7, 11) is 0. The molecule has 35 heavy (non-hydrogen) atoms. The number of carbonyl (C=O) groups excluding carboxylic acids is 1. The van der Waals surface area contributed by atoms with Gasteiger partial charge in [-0.1, -0.05) is 77.8 Å². The quantitative estimate of drug-likeness (QED) is 0.238. The zero-order chi connectivity index (χ0) is 24.8. The summed E-state index contributed by atoms with van der Waals surface area (Å²) >= 11 is 13.5. The van der Waals surface area contributed by atoms with E-state index in [9.17, 15) is 14.7 Å². The van der Waals surface area contributed by atoms with Crippen LogP contribution in [-0.2, 0) is 11.2 Å². The van der Waals surface area contributed by atoms with Crippen molar-refractivity contribution >= 4 is 63.5 Å². The first kappa shape index (κ1) is 24.9. The third-order valence-corrected chi connectivity index (χ3v) is 6.71. The second-order valence-corrected chi connectivity index (χ2v) is 9.76. The number of carbonyl (C=O) groups is 2. The molecule has 0 radical (unpaired) electrons. The van der Waals surface area contributed by atoms with Gasteiger partial charge in [-0.05, 0) is 59.7 Å². The van der Waals surface area contributed by atoms with Gasteiger partial charge in [0.2, 0.25) is 0 Å². The highest BCUT2D eigenvalue weighted by Gasteiger charge is 2.18. The number of amides is 1. The Hall–Kier alpha value is -3.19. The fourth-order valence-electron chi connectivity index (χ4n) is 3.77. The minimum Gasteiger partial charge on any atom is -0.480 e. The lowest BCUT2D eigenvalue weighted by atomic mass is 10.0. The number of carboxylic acid groups (broad SMARTS) is 1. The van der Waals surface area contributed by atoms with Gasteiger partial charge in [0.25, 0.3) is 5.91 Å². The van der Waals surface area contributed by atoms with E-state index < -0.39 is 5.97 Å². The Morgan fingerprint density at radius 3 is 2.26 bits per heavy atom. The Labute approximate surface area is 217 Å². The summed E-state index contributed by atoms with van der Waals surface area (Å²) in [5, 5.41) is 15.0. The van der Waals surface area contributed by atoms with Crippen molar-refractivity contribution in [3.63, 3.8) is 0 Å². The number of fused-ring (bicyclic) bond motifs is 1. The first-order valence-electron chi connectivity index (χ1n) is 10.9. The van der Waals surface area contributed by atoms with Gasteiger partial charge < -0.3 is 14.7 Å². The van der Waals surface area contributed by atoms with Gasteiger partial charge in [0.1, 0.15) is 6.54 Å². The van der Waals surface area contributed by atoms with Gasteiger partial charge in [-0.2, -0.15) is 0 Å². The summed E-state index contributed by atoms with van der Waals surface area (Å²) in [5.41, 5.74) is 2.35. The predicted molar refractivity (Wildman–Crippen MR) is 144 cm³/mol. The summed E-state index contributed by atoms with van der Waals surface area (Å²) in [4.78, 5) is 25.4. The first-order chi connectivity index (χ1) is 16.9. The monoisotopic (exact) mass is 524 g/mol. The smallest absolute Gasteiger partial charge is 0.324 e. The topological polar surface area (TPSA) is 69.6 Å². The van der Waals surface area contributed by atoms with Crippen molar-refractivity contribution in [3.8, 4) is 0 Å². The van der Waals surface area contributed by atoms with Crippen LogP contribution in [0.25, 0.3) is 10.8 Å². The summed E-state index contributed by atoms with van der Waals surface area (Å²) in [6, 6.07) is 26.0. The molecule has 0 aliphatic rings. The summed E-state index contributed by atoms with van der Waals surface area (Å²) < 4.78 is 1.66. The maximum atomic E-state index is 13.0. The fourth-order valence-corrected chi connectivity index (χ4v) is 5.47. The molecule has 2 N–H and O–H groups in total. The van der Waals surface area contributed by atoms with Gasteiger partial charge in [-0.15, -0.1) is 0 Å². The van der Waals surface area contributed by atoms with Crippen molar-refractivity contribution < 1.29 is 14.7 Å². The van der Waals surface area contributed by atoms with E-state index in [1.54, 1.807) is 34.6 Å². The Kier molecular flexibility index (Phi) is 8.18. The molecule has 0 saturated carbocycles. The number of aliphatic carboxylic acids is 1. The molecule has 0 atom stereocenters. The lowest BCUT2D eigenvalue weighted by Crippen LogP contribution is -2.26. The van der Waals surface area contributed by atoms with E-state index >= 15 is 0 Å². The molecule has 0 bridgehead atoms. The molecular formula is C27H22Cl2N2O3S. The van der Waals surface area contributed by atoms with Crippen LogP contribution in [0.1, 0.15) is 15.9 Å². The molecule has 0 fully saturated rings. The minimum absolute atomic E-state index is 0.178. The molecule has 4 aromatic carbocycles. The number of hydrogen-bond donors (Lipinski definition) is 2. The Balaban J connectivity index is 1.62. The van der Waals surface area contributed by atoms with Crippen LogP contribution in [-0.4, -0.2) is 30.1 Å². The molecule has 0 heterocycles. The lowest BCUT2D eigenvalue weighted by Gasteiger charge is -2.23. The average molecular weight is 525 g/mol. The van der Waals surface area contributed by atoms with Gasteiger partial charge in [-0.25, -0.2) is 0 Å². The molecule has 1 amide bonds. The maximum Gasteiger partial charge on any atom is 0.324 e. The molecule has 8 heteroatoms. The van der Waals surface area contributed by atoms with Crippen LogP contribution in [0.4, 0.5) is 5.69 Å². The second kappa shape index (κ2) is 11.5. The highest BCUT2D eigenvalue weighted by molar-refractivity contribution is 8.00. The Morgan fingerprint density at radius 2 is 1.54 bits per heavy atom. The van der Waals surface area contributed by atoms with Crippen LogP contribution >= 0.6 is 35.1 Å². The largest absolute Gasteiger partial charge is 0.480 e. The minimum atomic E-state index is -0.988. The maximum absolute atomic E-state index is 13.0. The van der Waals surface area contributed by atoms with Crippen LogP contribution in [0.2, 0.25) is 10.0 Å². The highest BCUT2D eigenvalue weighted by Crippen LogP contribution is 2.37. The van der Waals surface area contributed by atoms with Crippen molar-refractivity contribution in [3.05, 3.63) is 106 Å². The van der Waals surface area contributed by atoms with Gasteiger partial charge >= 0.3 is 5.97 Å². The summed E-state index contributed by atoms with van der Waals surface area (Å²) in [6.07, 6.45) is 0.730. The van der Waals surface area contributed by atoms with Crippen molar-refractivity contribution in [1.29, 1.82) is 0 Å². The van der Waals surface area contributed by atoms with Crippen molar-refractivity contribution in [2.75, 3.05) is 17.4 Å². The van der Waals surface area contributed by atoms with Gasteiger partial charge in [0, 0.05) is 32.4 Å². The second-order valence-electron chi connectivity index (χ2n) is 7.80. The number of nitrogens with zero attached hydrogens (tertiary/aromatic N) is 1. The van der Waals surface area contributed by atoms with E-state index in [-0.39, 0.29) is 12.5 Å². The molecule has 0 saturated heterocycles. The number of halogens is 2. The molecular weight excluding hydrogens is 503 g/mol. The van der Waals surface area contributed by atoms with Crippen LogP contribution in [0.5, 0.6) is 0 Å². The van der Waals surface area contributed by atoms with E-state index in [1.807, 2.05) is 54.6 Å². The van der Waals surface area contributed by atoms with E-state index in [2.05, 4.69) is 5.32 Å². The number of nitrogens with one attached hydrogen (secondary N) is 1. The van der Waals surface area contributed by atoms with E-state index in [0.717, 1.165) is 22.8 Å². The molecule has 0 aliphatic carbocycles. The summed E-state index contributed by atoms with van der Waals surface area (Å²) in [5.74, 6) is -1.17. The Bertz CT molecular complexity index is 1350. The first-order valence-corrected chi connectivity index (χ1v) is 12.4. The van der Waals surface area contributed by atoms with E-state index in [1.165, 1.54) is 11.9 Å². The van der Waals surface area contributed by atoms with Crippen LogP contribution in [0, 0.1) is 0 Å². The molecule has 178 valence electrons. The average Bonchev–Trinajstić information content (AvgIpc) is 2.82. The van der Waals surface area contributed by atoms with Gasteiger partial charge in [0.05, 0.1) is 5.69 Å². The molecule has 4 aromatic rings. The third kappa shape index (κ3) is 6.48. The SMILES string of the molecule is O=C(O)CN(Sc1cc(Cl)cc(Cl)c1)c1cccc2c(C(=O)NCCc3ccccc3)cccc12. The van der Waals surface area contributed by atoms with Gasteiger partial charge in [-0.3, -0.25) is 9.59 Å². The summed E-state index contributed by atoms with van der Waals surface area (Å²) in [6.45, 7) is 0.247. The van der Waals surface area contributed by atoms with Crippen LogP contribution in [0.15, 0.2) is 89.8 Å².